The molecule has 3 heterocycles. The lowest BCUT2D eigenvalue weighted by Crippen LogP contribution is -2.39. The van der Waals surface area contributed by atoms with E-state index in [-0.39, 0.29) is 23.8 Å². The normalized spacial score (nSPS) is 17.0. The van der Waals surface area contributed by atoms with Gasteiger partial charge in [0.2, 0.25) is 11.8 Å². The second-order valence-corrected chi connectivity index (χ2v) is 8.34. The van der Waals surface area contributed by atoms with Gasteiger partial charge in [-0.05, 0) is 30.9 Å². The number of para-hydroxylation sites is 1. The molecule has 30 heavy (non-hydrogen) atoms. The zero-order valence-corrected chi connectivity index (χ0v) is 17.5. The van der Waals surface area contributed by atoms with E-state index < -0.39 is 0 Å². The highest BCUT2D eigenvalue weighted by Gasteiger charge is 2.28. The quantitative estimate of drug-likeness (QED) is 0.621. The average Bonchev–Trinajstić information content (AvgIpc) is 3.21. The largest absolute Gasteiger partial charge is 0.342 e. The molecule has 0 N–H and O–H groups in total. The van der Waals surface area contributed by atoms with E-state index in [1.165, 1.54) is 10.9 Å². The van der Waals surface area contributed by atoms with E-state index in [0.29, 0.717) is 42.3 Å². The molecule has 0 radical (unpaired) electrons. The summed E-state index contributed by atoms with van der Waals surface area (Å²) >= 11 is 0. The monoisotopic (exact) mass is 409 g/mol. The Kier molecular flexibility index (Phi) is 5.92. The van der Waals surface area contributed by atoms with Crippen molar-refractivity contribution in [2.45, 2.75) is 52.0 Å². The fourth-order valence-electron chi connectivity index (χ4n) is 3.93. The fourth-order valence-corrected chi connectivity index (χ4v) is 3.93. The van der Waals surface area contributed by atoms with E-state index in [0.717, 1.165) is 25.1 Å². The van der Waals surface area contributed by atoms with Gasteiger partial charge in [-0.15, -0.1) is 0 Å². The number of rotatable bonds is 6. The minimum atomic E-state index is -0.117. The summed E-state index contributed by atoms with van der Waals surface area (Å²) in [6.45, 7) is 5.84. The van der Waals surface area contributed by atoms with Crippen molar-refractivity contribution in [3.05, 3.63) is 52.7 Å². The maximum absolute atomic E-state index is 12.8. The third-order valence-corrected chi connectivity index (χ3v) is 5.50. The van der Waals surface area contributed by atoms with E-state index in [1.54, 1.807) is 6.07 Å². The molecule has 0 aliphatic carbocycles. The Balaban J connectivity index is 1.38. The molecule has 0 bridgehead atoms. The van der Waals surface area contributed by atoms with Gasteiger partial charge in [0.15, 0.2) is 5.82 Å². The van der Waals surface area contributed by atoms with Crippen LogP contribution in [0, 0.1) is 5.92 Å². The zero-order valence-electron chi connectivity index (χ0n) is 17.5. The standard InChI is InChI=1S/C22H27N5O3/c1-15(2)12-19-24-21(30-25-19)16-6-5-10-26(13-16)20(28)9-11-27-14-23-18-8-4-3-7-17(18)22(27)29/h3-4,7-8,14-16H,5-6,9-13H2,1-2H3. The van der Waals surface area contributed by atoms with Crippen LogP contribution in [0.15, 0.2) is 39.9 Å². The van der Waals surface area contributed by atoms with Gasteiger partial charge in [-0.2, -0.15) is 4.98 Å². The molecule has 1 aliphatic heterocycles. The van der Waals surface area contributed by atoms with Gasteiger partial charge in [-0.25, -0.2) is 4.98 Å². The third-order valence-electron chi connectivity index (χ3n) is 5.50. The highest BCUT2D eigenvalue weighted by atomic mass is 16.5. The van der Waals surface area contributed by atoms with Crippen LogP contribution in [0.3, 0.4) is 0 Å². The summed E-state index contributed by atoms with van der Waals surface area (Å²) in [5, 5.41) is 4.65. The summed E-state index contributed by atoms with van der Waals surface area (Å²) in [7, 11) is 0. The van der Waals surface area contributed by atoms with Gasteiger partial charge < -0.3 is 9.42 Å². The van der Waals surface area contributed by atoms with Crippen molar-refractivity contribution >= 4 is 16.8 Å². The Morgan fingerprint density at radius 3 is 2.97 bits per heavy atom. The molecule has 158 valence electrons. The molecule has 1 amide bonds. The van der Waals surface area contributed by atoms with Gasteiger partial charge in [0.1, 0.15) is 0 Å². The molecule has 0 saturated carbocycles. The number of benzene rings is 1. The molecule has 3 aromatic rings. The first-order valence-corrected chi connectivity index (χ1v) is 10.6. The Bertz CT molecular complexity index is 1090. The summed E-state index contributed by atoms with van der Waals surface area (Å²) in [6, 6.07) is 7.24. The van der Waals surface area contributed by atoms with Gasteiger partial charge in [-0.3, -0.25) is 14.2 Å². The summed E-state index contributed by atoms with van der Waals surface area (Å²) in [4.78, 5) is 36.1. The summed E-state index contributed by atoms with van der Waals surface area (Å²) in [6.07, 6.45) is 4.39. The van der Waals surface area contributed by atoms with Gasteiger partial charge in [0.25, 0.3) is 5.56 Å². The number of hydrogen-bond acceptors (Lipinski definition) is 6. The molecule has 1 aromatic carbocycles. The highest BCUT2D eigenvalue weighted by molar-refractivity contribution is 5.77. The molecule has 8 heteroatoms. The van der Waals surface area contributed by atoms with Crippen LogP contribution in [0.4, 0.5) is 0 Å². The molecule has 0 spiro atoms. The number of aromatic nitrogens is 4. The van der Waals surface area contributed by atoms with Crippen LogP contribution in [-0.2, 0) is 17.8 Å². The van der Waals surface area contributed by atoms with Crippen molar-refractivity contribution in [3.8, 4) is 0 Å². The van der Waals surface area contributed by atoms with Gasteiger partial charge in [-0.1, -0.05) is 31.1 Å². The molecule has 1 unspecified atom stereocenters. The van der Waals surface area contributed by atoms with Crippen molar-refractivity contribution in [2.75, 3.05) is 13.1 Å². The lowest BCUT2D eigenvalue weighted by atomic mass is 9.97. The lowest BCUT2D eigenvalue weighted by molar-refractivity contribution is -0.132. The van der Waals surface area contributed by atoms with Crippen LogP contribution >= 0.6 is 0 Å². The molecule has 2 aromatic heterocycles. The van der Waals surface area contributed by atoms with Crippen LogP contribution in [0.25, 0.3) is 10.9 Å². The van der Waals surface area contributed by atoms with E-state index >= 15 is 0 Å². The first-order valence-electron chi connectivity index (χ1n) is 10.6. The number of nitrogens with zero attached hydrogens (tertiary/aromatic N) is 5. The predicted octanol–water partition coefficient (Wildman–Crippen LogP) is 2.77. The minimum absolute atomic E-state index is 0.0293. The van der Waals surface area contributed by atoms with E-state index in [9.17, 15) is 9.59 Å². The number of piperidine rings is 1. The van der Waals surface area contributed by atoms with Crippen LogP contribution in [0.2, 0.25) is 0 Å². The number of amides is 1. The molecular formula is C22H27N5O3. The summed E-state index contributed by atoms with van der Waals surface area (Å²) in [5.74, 6) is 1.92. The molecule has 1 saturated heterocycles. The molecule has 4 rings (SSSR count). The van der Waals surface area contributed by atoms with Crippen LogP contribution in [0.1, 0.15) is 50.7 Å². The molecule has 1 aliphatic rings. The molecule has 1 fully saturated rings. The van der Waals surface area contributed by atoms with E-state index in [4.69, 9.17) is 4.52 Å². The van der Waals surface area contributed by atoms with Gasteiger partial charge in [0.05, 0.1) is 23.1 Å². The van der Waals surface area contributed by atoms with E-state index in [1.807, 2.05) is 23.1 Å². The number of aryl methyl sites for hydroxylation is 1. The van der Waals surface area contributed by atoms with Crippen molar-refractivity contribution in [1.82, 2.24) is 24.6 Å². The lowest BCUT2D eigenvalue weighted by Gasteiger charge is -2.31. The first kappa shape index (κ1) is 20.3. The maximum atomic E-state index is 12.8. The minimum Gasteiger partial charge on any atom is -0.342 e. The molecular weight excluding hydrogens is 382 g/mol. The van der Waals surface area contributed by atoms with Crippen LogP contribution in [-0.4, -0.2) is 43.6 Å². The Labute approximate surface area is 174 Å². The second-order valence-electron chi connectivity index (χ2n) is 8.34. The van der Waals surface area contributed by atoms with Crippen molar-refractivity contribution in [1.29, 1.82) is 0 Å². The maximum Gasteiger partial charge on any atom is 0.261 e. The molecule has 1 atom stereocenters. The number of carbonyl (C=O) groups is 1. The average molecular weight is 409 g/mol. The summed E-state index contributed by atoms with van der Waals surface area (Å²) < 4.78 is 6.98. The number of fused-ring (bicyclic) bond motifs is 1. The Morgan fingerprint density at radius 2 is 2.13 bits per heavy atom. The first-order chi connectivity index (χ1) is 14.5. The molecule has 8 nitrogen and oxygen atoms in total. The number of likely N-dealkylation sites (tertiary alicyclic amines) is 1. The van der Waals surface area contributed by atoms with E-state index in [2.05, 4.69) is 29.0 Å². The highest BCUT2D eigenvalue weighted by Crippen LogP contribution is 2.26. The number of carbonyl (C=O) groups excluding carboxylic acids is 1. The van der Waals surface area contributed by atoms with Crippen molar-refractivity contribution in [2.24, 2.45) is 5.92 Å². The Hall–Kier alpha value is -3.03. The summed E-state index contributed by atoms with van der Waals surface area (Å²) in [5.41, 5.74) is 0.550. The van der Waals surface area contributed by atoms with Gasteiger partial charge in [0, 0.05) is 32.5 Å². The van der Waals surface area contributed by atoms with Crippen LogP contribution < -0.4 is 5.56 Å². The predicted molar refractivity (Wildman–Crippen MR) is 112 cm³/mol. The SMILES string of the molecule is CC(C)Cc1noc(C2CCCN(C(=O)CCn3cnc4ccccc4c3=O)C2)n1. The number of hydrogen-bond donors (Lipinski definition) is 0. The Morgan fingerprint density at radius 1 is 1.30 bits per heavy atom. The van der Waals surface area contributed by atoms with Crippen molar-refractivity contribution in [3.63, 3.8) is 0 Å². The smallest absolute Gasteiger partial charge is 0.261 e. The third kappa shape index (κ3) is 4.42. The second kappa shape index (κ2) is 8.77. The zero-order chi connectivity index (χ0) is 21.1. The van der Waals surface area contributed by atoms with Gasteiger partial charge >= 0.3 is 0 Å². The van der Waals surface area contributed by atoms with Crippen molar-refractivity contribution < 1.29 is 9.32 Å². The van der Waals surface area contributed by atoms with Crippen LogP contribution in [0.5, 0.6) is 0 Å². The fraction of sp³-hybridized carbons (Fsp3) is 0.500. The topological polar surface area (TPSA) is 94.1 Å².